The summed E-state index contributed by atoms with van der Waals surface area (Å²) in [4.78, 5) is 30.3. The number of amides is 2. The maximum Gasteiger partial charge on any atom is 0.267 e. The average Bonchev–Trinajstić information content (AvgIpc) is 3.18. The number of aliphatic hydroxyl groups is 1. The van der Waals surface area contributed by atoms with Crippen LogP contribution in [0.4, 0.5) is 10.8 Å². The highest BCUT2D eigenvalue weighted by Gasteiger charge is 2.32. The van der Waals surface area contributed by atoms with Gasteiger partial charge in [0, 0.05) is 16.8 Å². The molecule has 2 fully saturated rings. The molecule has 0 bridgehead atoms. The topological polar surface area (TPSA) is 103 Å². The lowest BCUT2D eigenvalue weighted by atomic mass is 9.79. The van der Waals surface area contributed by atoms with Gasteiger partial charge in [-0.2, -0.15) is 0 Å². The van der Waals surface area contributed by atoms with Crippen molar-refractivity contribution in [1.82, 2.24) is 10.3 Å². The third-order valence-corrected chi connectivity index (χ3v) is 7.30. The molecule has 1 aromatic heterocycles. The van der Waals surface area contributed by atoms with E-state index in [0.717, 1.165) is 42.8 Å². The second kappa shape index (κ2) is 8.96. The molecule has 2 aromatic rings. The van der Waals surface area contributed by atoms with E-state index in [1.807, 2.05) is 13.0 Å². The maximum absolute atomic E-state index is 12.8. The molecule has 0 aliphatic heterocycles. The molecule has 0 saturated heterocycles. The molecule has 2 amide bonds. The van der Waals surface area contributed by atoms with Crippen molar-refractivity contribution < 1.29 is 14.7 Å². The minimum atomic E-state index is -0.501. The van der Waals surface area contributed by atoms with Crippen LogP contribution < -0.4 is 16.0 Å². The normalized spacial score (nSPS) is 22.3. The number of carbonyl (C=O) groups excluding carboxylic acids is 2. The molecule has 0 spiro atoms. The largest absolute Gasteiger partial charge is 0.391 e. The number of aromatic nitrogens is 1. The molecule has 7 nitrogen and oxygen atoms in total. The number of carbonyl (C=O) groups is 2. The minimum absolute atomic E-state index is 0.0792. The Labute approximate surface area is 186 Å². The van der Waals surface area contributed by atoms with E-state index in [4.69, 9.17) is 0 Å². The lowest BCUT2D eigenvalue weighted by molar-refractivity contribution is 0.0717. The molecule has 166 valence electrons. The number of anilines is 2. The van der Waals surface area contributed by atoms with Gasteiger partial charge in [-0.15, -0.1) is 0 Å². The molecule has 1 heterocycles. The Hall–Kier alpha value is -2.45. The van der Waals surface area contributed by atoms with Crippen LogP contribution in [0.1, 0.15) is 77.5 Å². The molecular formula is C23H30N4O3S. The van der Waals surface area contributed by atoms with Crippen molar-refractivity contribution in [2.24, 2.45) is 0 Å². The van der Waals surface area contributed by atoms with Gasteiger partial charge in [-0.25, -0.2) is 4.98 Å². The SMILES string of the molecule is Cc1ccc(C(=O)N[C@H]2CCCC[C@@H]2O)cc1NC(=O)c1cnc(NC2(C)CCC2)s1. The van der Waals surface area contributed by atoms with Gasteiger partial charge in [0.15, 0.2) is 5.13 Å². The molecule has 4 rings (SSSR count). The maximum atomic E-state index is 12.8. The van der Waals surface area contributed by atoms with E-state index in [9.17, 15) is 14.7 Å². The summed E-state index contributed by atoms with van der Waals surface area (Å²) in [6.07, 6.45) is 8.00. The fourth-order valence-corrected chi connectivity index (χ4v) is 5.00. The molecule has 1 aromatic carbocycles. The summed E-state index contributed by atoms with van der Waals surface area (Å²) in [6.45, 7) is 4.06. The van der Waals surface area contributed by atoms with Gasteiger partial charge in [0.05, 0.1) is 18.3 Å². The van der Waals surface area contributed by atoms with E-state index in [-0.39, 0.29) is 23.4 Å². The van der Waals surface area contributed by atoms with Crippen molar-refractivity contribution in [2.45, 2.75) is 76.5 Å². The third-order valence-electron chi connectivity index (χ3n) is 6.39. The first-order valence-electron chi connectivity index (χ1n) is 11.0. The highest BCUT2D eigenvalue weighted by atomic mass is 32.1. The third kappa shape index (κ3) is 5.07. The van der Waals surface area contributed by atoms with Crippen molar-refractivity contribution >= 4 is 34.0 Å². The quantitative estimate of drug-likeness (QED) is 0.539. The molecule has 8 heteroatoms. The van der Waals surface area contributed by atoms with Gasteiger partial charge in [0.25, 0.3) is 11.8 Å². The molecule has 4 N–H and O–H groups in total. The number of hydrogen-bond donors (Lipinski definition) is 4. The van der Waals surface area contributed by atoms with Crippen LogP contribution in [-0.2, 0) is 0 Å². The zero-order valence-electron chi connectivity index (χ0n) is 18.0. The lowest BCUT2D eigenvalue weighted by Gasteiger charge is -2.39. The van der Waals surface area contributed by atoms with Gasteiger partial charge >= 0.3 is 0 Å². The summed E-state index contributed by atoms with van der Waals surface area (Å²) < 4.78 is 0. The van der Waals surface area contributed by atoms with Crippen LogP contribution in [-0.4, -0.2) is 39.6 Å². The number of aryl methyl sites for hydroxylation is 1. The van der Waals surface area contributed by atoms with Crippen molar-refractivity contribution in [2.75, 3.05) is 10.6 Å². The van der Waals surface area contributed by atoms with E-state index in [0.29, 0.717) is 22.5 Å². The summed E-state index contributed by atoms with van der Waals surface area (Å²) in [6, 6.07) is 5.02. The van der Waals surface area contributed by atoms with Crippen LogP contribution in [0, 0.1) is 6.92 Å². The van der Waals surface area contributed by atoms with Crippen molar-refractivity contribution in [1.29, 1.82) is 0 Å². The standard InChI is InChI=1S/C23H30N4O3S/c1-14-8-9-15(20(29)25-16-6-3-4-7-18(16)28)12-17(14)26-21(30)19-13-24-22(31-19)27-23(2)10-5-11-23/h8-9,12-13,16,18,28H,3-7,10-11H2,1-2H3,(H,24,27)(H,25,29)(H,26,30)/t16-,18-/m0/s1. The first kappa shape index (κ1) is 21.8. The first-order chi connectivity index (χ1) is 14.8. The van der Waals surface area contributed by atoms with Crippen LogP contribution >= 0.6 is 11.3 Å². The van der Waals surface area contributed by atoms with E-state index >= 15 is 0 Å². The highest BCUT2D eigenvalue weighted by molar-refractivity contribution is 7.17. The Bertz CT molecular complexity index is 969. The van der Waals surface area contributed by atoms with E-state index in [2.05, 4.69) is 27.9 Å². The van der Waals surface area contributed by atoms with Gasteiger partial charge in [0.2, 0.25) is 0 Å². The molecule has 2 atom stereocenters. The molecule has 2 saturated carbocycles. The van der Waals surface area contributed by atoms with Gasteiger partial charge in [-0.1, -0.05) is 30.2 Å². The highest BCUT2D eigenvalue weighted by Crippen LogP contribution is 2.35. The Kier molecular flexibility index (Phi) is 6.29. The number of nitrogens with one attached hydrogen (secondary N) is 3. The number of hydrogen-bond acceptors (Lipinski definition) is 6. The zero-order valence-corrected chi connectivity index (χ0v) is 18.8. The first-order valence-corrected chi connectivity index (χ1v) is 11.8. The van der Waals surface area contributed by atoms with Crippen molar-refractivity contribution in [3.05, 3.63) is 40.4 Å². The predicted octanol–water partition coefficient (Wildman–Crippen LogP) is 4.09. The van der Waals surface area contributed by atoms with Gasteiger partial charge < -0.3 is 21.1 Å². The lowest BCUT2D eigenvalue weighted by Crippen LogP contribution is -2.45. The number of benzene rings is 1. The fourth-order valence-electron chi connectivity index (χ4n) is 4.14. The summed E-state index contributed by atoms with van der Waals surface area (Å²) in [5.74, 6) is -0.479. The summed E-state index contributed by atoms with van der Waals surface area (Å²) in [5.41, 5.74) is 2.00. The summed E-state index contributed by atoms with van der Waals surface area (Å²) in [7, 11) is 0. The van der Waals surface area contributed by atoms with Crippen LogP contribution in [0.2, 0.25) is 0 Å². The average molecular weight is 443 g/mol. The Morgan fingerprint density at radius 1 is 1.16 bits per heavy atom. The molecule has 0 unspecified atom stereocenters. The summed E-state index contributed by atoms with van der Waals surface area (Å²) in [5, 5.41) is 20.1. The van der Waals surface area contributed by atoms with Crippen LogP contribution in [0.15, 0.2) is 24.4 Å². The van der Waals surface area contributed by atoms with Gasteiger partial charge in [-0.3, -0.25) is 9.59 Å². The second-order valence-corrected chi connectivity index (χ2v) is 10.0. The number of rotatable bonds is 6. The number of nitrogens with zero attached hydrogens (tertiary/aromatic N) is 1. The molecule has 0 radical (unpaired) electrons. The monoisotopic (exact) mass is 442 g/mol. The predicted molar refractivity (Wildman–Crippen MR) is 123 cm³/mol. The van der Waals surface area contributed by atoms with Crippen LogP contribution in [0.3, 0.4) is 0 Å². The van der Waals surface area contributed by atoms with Crippen LogP contribution in [0.5, 0.6) is 0 Å². The minimum Gasteiger partial charge on any atom is -0.391 e. The molecule has 2 aliphatic rings. The van der Waals surface area contributed by atoms with E-state index in [1.165, 1.54) is 17.8 Å². The number of thiazole rings is 1. The fraction of sp³-hybridized carbons (Fsp3) is 0.522. The van der Waals surface area contributed by atoms with Crippen molar-refractivity contribution in [3.63, 3.8) is 0 Å². The van der Waals surface area contributed by atoms with E-state index in [1.54, 1.807) is 18.3 Å². The zero-order chi connectivity index (χ0) is 22.0. The molecule has 2 aliphatic carbocycles. The smallest absolute Gasteiger partial charge is 0.267 e. The van der Waals surface area contributed by atoms with Crippen molar-refractivity contribution in [3.8, 4) is 0 Å². The number of aliphatic hydroxyl groups excluding tert-OH is 1. The van der Waals surface area contributed by atoms with Crippen LogP contribution in [0.25, 0.3) is 0 Å². The van der Waals surface area contributed by atoms with E-state index < -0.39 is 6.10 Å². The van der Waals surface area contributed by atoms with Gasteiger partial charge in [-0.05, 0) is 63.6 Å². The Morgan fingerprint density at radius 2 is 1.94 bits per heavy atom. The Balaban J connectivity index is 1.41. The second-order valence-electron chi connectivity index (χ2n) is 8.98. The molecule has 31 heavy (non-hydrogen) atoms. The Morgan fingerprint density at radius 3 is 2.65 bits per heavy atom. The summed E-state index contributed by atoms with van der Waals surface area (Å²) >= 11 is 1.33. The molecular weight excluding hydrogens is 412 g/mol. The van der Waals surface area contributed by atoms with Gasteiger partial charge in [0.1, 0.15) is 4.88 Å².